The molecule has 1 aromatic carbocycles. The van der Waals surface area contributed by atoms with E-state index in [1.165, 1.54) is 0 Å². The van der Waals surface area contributed by atoms with Crippen LogP contribution in [0, 0.1) is 0 Å². The van der Waals surface area contributed by atoms with Gasteiger partial charge in [-0.1, -0.05) is 18.2 Å². The molecule has 8 nitrogen and oxygen atoms in total. The quantitative estimate of drug-likeness (QED) is 0.702. The monoisotopic (exact) mass is 269 g/mol. The number of nitrogens with zero attached hydrogens (tertiary/aromatic N) is 5. The number of carbonyl (C=O) groups is 1. The molecule has 0 aliphatic carbocycles. The fourth-order valence-electron chi connectivity index (χ4n) is 1.86. The summed E-state index contributed by atoms with van der Waals surface area (Å²) in [6.45, 7) is 0.527. The lowest BCUT2D eigenvalue weighted by Crippen LogP contribution is -2.12. The summed E-state index contributed by atoms with van der Waals surface area (Å²) in [5, 5.41) is 17.9. The third kappa shape index (κ3) is 2.39. The Morgan fingerprint density at radius 2 is 2.25 bits per heavy atom. The number of tetrazole rings is 1. The molecule has 2 aromatic heterocycles. The van der Waals surface area contributed by atoms with Gasteiger partial charge in [0.25, 0.3) is 5.91 Å². The highest BCUT2D eigenvalue weighted by atomic mass is 16.1. The fourth-order valence-corrected chi connectivity index (χ4v) is 1.86. The van der Waals surface area contributed by atoms with Crippen molar-refractivity contribution in [1.29, 1.82) is 0 Å². The van der Waals surface area contributed by atoms with Gasteiger partial charge in [-0.05, 0) is 22.9 Å². The first kappa shape index (κ1) is 12.0. The second-order valence-electron chi connectivity index (χ2n) is 4.20. The lowest BCUT2D eigenvalue weighted by atomic mass is 10.1. The van der Waals surface area contributed by atoms with E-state index >= 15 is 0 Å². The van der Waals surface area contributed by atoms with Gasteiger partial charge in [0.15, 0.2) is 0 Å². The van der Waals surface area contributed by atoms with E-state index in [1.807, 2.05) is 24.3 Å². The Bertz CT molecular complexity index is 732. The van der Waals surface area contributed by atoms with Crippen molar-refractivity contribution in [3.8, 4) is 11.4 Å². The van der Waals surface area contributed by atoms with Crippen LogP contribution in [0.15, 0.2) is 36.5 Å². The molecular weight excluding hydrogens is 258 g/mol. The number of carbonyl (C=O) groups excluding carboxylic acids is 1. The molecule has 8 heteroatoms. The number of nitrogens with one attached hydrogen (secondary N) is 1. The SMILES string of the molecule is NC(=O)c1ccn(Cc2cccc(-c3nn[nH]n3)c2)n1. The summed E-state index contributed by atoms with van der Waals surface area (Å²) in [5.74, 6) is -0.00515. The molecule has 0 unspecified atom stereocenters. The van der Waals surface area contributed by atoms with Crippen molar-refractivity contribution in [2.45, 2.75) is 6.54 Å². The van der Waals surface area contributed by atoms with Gasteiger partial charge >= 0.3 is 0 Å². The van der Waals surface area contributed by atoms with Crippen molar-refractivity contribution < 1.29 is 4.79 Å². The predicted octanol–water partition coefficient (Wildman–Crippen LogP) is 0.210. The molecule has 2 heterocycles. The zero-order chi connectivity index (χ0) is 13.9. The molecule has 0 saturated carbocycles. The molecule has 3 aromatic rings. The third-order valence-corrected chi connectivity index (χ3v) is 2.77. The second kappa shape index (κ2) is 4.92. The lowest BCUT2D eigenvalue weighted by molar-refractivity contribution is 0.0995. The number of nitrogens with two attached hydrogens (primary N) is 1. The minimum atomic E-state index is -0.538. The topological polar surface area (TPSA) is 115 Å². The van der Waals surface area contributed by atoms with E-state index in [0.717, 1.165) is 11.1 Å². The van der Waals surface area contributed by atoms with Crippen LogP contribution >= 0.6 is 0 Å². The van der Waals surface area contributed by atoms with E-state index in [-0.39, 0.29) is 5.69 Å². The van der Waals surface area contributed by atoms with Crippen LogP contribution in [0.5, 0.6) is 0 Å². The average Bonchev–Trinajstić information content (AvgIpc) is 3.10. The number of primary amides is 1. The highest BCUT2D eigenvalue weighted by molar-refractivity contribution is 5.90. The lowest BCUT2D eigenvalue weighted by Gasteiger charge is -2.03. The van der Waals surface area contributed by atoms with Gasteiger partial charge in [-0.25, -0.2) is 0 Å². The van der Waals surface area contributed by atoms with Gasteiger partial charge in [-0.2, -0.15) is 10.3 Å². The maximum absolute atomic E-state index is 11.0. The second-order valence-corrected chi connectivity index (χ2v) is 4.20. The van der Waals surface area contributed by atoms with Crippen molar-refractivity contribution in [3.63, 3.8) is 0 Å². The van der Waals surface area contributed by atoms with Crippen LogP contribution < -0.4 is 5.73 Å². The van der Waals surface area contributed by atoms with Gasteiger partial charge in [0.2, 0.25) is 5.82 Å². The summed E-state index contributed by atoms with van der Waals surface area (Å²) in [5.41, 5.74) is 7.28. The zero-order valence-corrected chi connectivity index (χ0v) is 10.4. The van der Waals surface area contributed by atoms with Crippen molar-refractivity contribution >= 4 is 5.91 Å². The van der Waals surface area contributed by atoms with Gasteiger partial charge in [-0.15, -0.1) is 10.2 Å². The number of hydrogen-bond donors (Lipinski definition) is 2. The molecule has 0 bridgehead atoms. The van der Waals surface area contributed by atoms with Crippen molar-refractivity contribution in [3.05, 3.63) is 47.8 Å². The minimum Gasteiger partial charge on any atom is -0.364 e. The normalized spacial score (nSPS) is 10.6. The number of H-pyrrole nitrogens is 1. The van der Waals surface area contributed by atoms with Gasteiger partial charge in [0.1, 0.15) is 5.69 Å². The summed E-state index contributed by atoms with van der Waals surface area (Å²) in [4.78, 5) is 11.0. The molecule has 0 atom stereocenters. The minimum absolute atomic E-state index is 0.249. The third-order valence-electron chi connectivity index (χ3n) is 2.77. The Morgan fingerprint density at radius 1 is 1.35 bits per heavy atom. The van der Waals surface area contributed by atoms with Crippen molar-refractivity contribution in [1.82, 2.24) is 30.4 Å². The smallest absolute Gasteiger partial charge is 0.269 e. The number of amides is 1. The summed E-state index contributed by atoms with van der Waals surface area (Å²) < 4.78 is 1.65. The van der Waals surface area contributed by atoms with Crippen LogP contribution in [-0.4, -0.2) is 36.3 Å². The summed E-state index contributed by atoms with van der Waals surface area (Å²) in [6.07, 6.45) is 1.71. The van der Waals surface area contributed by atoms with Gasteiger partial charge in [0.05, 0.1) is 6.54 Å². The van der Waals surface area contributed by atoms with E-state index in [0.29, 0.717) is 12.4 Å². The highest BCUT2D eigenvalue weighted by Gasteiger charge is 2.07. The Balaban J connectivity index is 1.84. The van der Waals surface area contributed by atoms with Gasteiger partial charge in [-0.3, -0.25) is 9.48 Å². The van der Waals surface area contributed by atoms with Crippen LogP contribution in [-0.2, 0) is 6.54 Å². The van der Waals surface area contributed by atoms with Crippen LogP contribution in [0.1, 0.15) is 16.1 Å². The molecule has 0 aliphatic heterocycles. The number of aromatic nitrogens is 6. The fraction of sp³-hybridized carbons (Fsp3) is 0.0833. The standard InChI is InChI=1S/C12H11N7O/c13-11(20)10-4-5-19(16-10)7-8-2-1-3-9(6-8)12-14-17-18-15-12/h1-6H,7H2,(H2,13,20)(H,14,15,17,18). The maximum atomic E-state index is 11.0. The number of benzene rings is 1. The molecule has 3 N–H and O–H groups in total. The van der Waals surface area contributed by atoms with E-state index in [9.17, 15) is 4.79 Å². The van der Waals surface area contributed by atoms with E-state index in [1.54, 1.807) is 16.9 Å². The molecule has 1 amide bonds. The Labute approximate surface area is 113 Å². The molecule has 0 saturated heterocycles. The largest absolute Gasteiger partial charge is 0.364 e. The van der Waals surface area contributed by atoms with Crippen LogP contribution in [0.25, 0.3) is 11.4 Å². The van der Waals surface area contributed by atoms with Gasteiger partial charge < -0.3 is 5.73 Å². The molecule has 3 rings (SSSR count). The molecular formula is C12H11N7O. The number of hydrogen-bond acceptors (Lipinski definition) is 5. The molecule has 0 spiro atoms. The first-order valence-corrected chi connectivity index (χ1v) is 5.88. The van der Waals surface area contributed by atoms with Crippen molar-refractivity contribution in [2.24, 2.45) is 5.73 Å². The van der Waals surface area contributed by atoms with Crippen LogP contribution in [0.4, 0.5) is 0 Å². The molecule has 100 valence electrons. The molecule has 20 heavy (non-hydrogen) atoms. The number of rotatable bonds is 4. The Kier molecular flexibility index (Phi) is 2.96. The maximum Gasteiger partial charge on any atom is 0.269 e. The van der Waals surface area contributed by atoms with E-state index in [2.05, 4.69) is 25.7 Å². The summed E-state index contributed by atoms with van der Waals surface area (Å²) in [7, 11) is 0. The average molecular weight is 269 g/mol. The van der Waals surface area contributed by atoms with Crippen LogP contribution in [0.3, 0.4) is 0 Å². The zero-order valence-electron chi connectivity index (χ0n) is 10.4. The Morgan fingerprint density at radius 3 is 2.95 bits per heavy atom. The van der Waals surface area contributed by atoms with Crippen LogP contribution in [0.2, 0.25) is 0 Å². The van der Waals surface area contributed by atoms with Crippen molar-refractivity contribution in [2.75, 3.05) is 0 Å². The summed E-state index contributed by atoms with van der Waals surface area (Å²) >= 11 is 0. The van der Waals surface area contributed by atoms with E-state index in [4.69, 9.17) is 5.73 Å². The summed E-state index contributed by atoms with van der Waals surface area (Å²) in [6, 6.07) is 9.28. The number of aromatic amines is 1. The molecule has 0 fully saturated rings. The predicted molar refractivity (Wildman–Crippen MR) is 69.5 cm³/mol. The first-order chi connectivity index (χ1) is 9.72. The molecule has 0 aliphatic rings. The van der Waals surface area contributed by atoms with E-state index < -0.39 is 5.91 Å². The Hall–Kier alpha value is -3.03. The highest BCUT2D eigenvalue weighted by Crippen LogP contribution is 2.15. The molecule has 0 radical (unpaired) electrons. The van der Waals surface area contributed by atoms with Gasteiger partial charge in [0, 0.05) is 11.8 Å². The first-order valence-electron chi connectivity index (χ1n) is 5.88.